The van der Waals surface area contributed by atoms with Crippen LogP contribution >= 0.6 is 0 Å². The van der Waals surface area contributed by atoms with Gasteiger partial charge in [-0.2, -0.15) is 0 Å². The molecular weight excluding hydrogens is 276 g/mol. The third-order valence-corrected chi connectivity index (χ3v) is 3.67. The van der Waals surface area contributed by atoms with E-state index in [2.05, 4.69) is 30.2 Å². The van der Waals surface area contributed by atoms with Gasteiger partial charge in [0.1, 0.15) is 5.82 Å². The van der Waals surface area contributed by atoms with Crippen molar-refractivity contribution in [1.82, 2.24) is 4.98 Å². The zero-order valence-electron chi connectivity index (χ0n) is 14.4. The first-order valence-electron chi connectivity index (χ1n) is 7.55. The number of aryl methyl sites for hydroxylation is 2. The molecule has 0 aliphatic rings. The van der Waals surface area contributed by atoms with Crippen LogP contribution in [-0.4, -0.2) is 18.4 Å². The molecule has 0 aliphatic carbocycles. The molecule has 0 aliphatic heterocycles. The normalized spacial score (nSPS) is 13.7. The number of hydrogen-bond donors (Lipinski definition) is 1. The van der Waals surface area contributed by atoms with Gasteiger partial charge < -0.3 is 10.1 Å². The van der Waals surface area contributed by atoms with Gasteiger partial charge in [0.2, 0.25) is 0 Å². The van der Waals surface area contributed by atoms with Gasteiger partial charge in [-0.25, -0.2) is 4.98 Å². The lowest BCUT2D eigenvalue weighted by atomic mass is 10.1. The van der Waals surface area contributed by atoms with Gasteiger partial charge in [-0.15, -0.1) is 0 Å². The standard InChI is InChI=1S/C18H26N2O2/c1-7-12(2)8-17(10-14(4)22-6)20-18-16(11-21)9-13(3)15(5)19-18/h8-12H,7H2,1-6H3,(H,19,20)/b14-10+,17-8+. The fourth-order valence-corrected chi connectivity index (χ4v) is 1.88. The van der Waals surface area contributed by atoms with E-state index in [9.17, 15) is 4.79 Å². The van der Waals surface area contributed by atoms with E-state index in [1.165, 1.54) is 0 Å². The van der Waals surface area contributed by atoms with E-state index in [1.54, 1.807) is 7.11 Å². The number of aldehydes is 1. The summed E-state index contributed by atoms with van der Waals surface area (Å²) in [5.74, 6) is 1.78. The van der Waals surface area contributed by atoms with Crippen LogP contribution in [0.5, 0.6) is 0 Å². The van der Waals surface area contributed by atoms with Gasteiger partial charge in [0.25, 0.3) is 0 Å². The number of ether oxygens (including phenoxy) is 1. The largest absolute Gasteiger partial charge is 0.501 e. The van der Waals surface area contributed by atoms with Crippen molar-refractivity contribution in [2.75, 3.05) is 12.4 Å². The first-order chi connectivity index (χ1) is 10.4. The van der Waals surface area contributed by atoms with E-state index < -0.39 is 0 Å². The molecule has 120 valence electrons. The third kappa shape index (κ3) is 5.02. The maximum atomic E-state index is 11.3. The molecule has 1 aromatic heterocycles. The second-order valence-electron chi connectivity index (χ2n) is 5.54. The molecule has 0 saturated carbocycles. The van der Waals surface area contributed by atoms with Crippen LogP contribution in [0.2, 0.25) is 0 Å². The van der Waals surface area contributed by atoms with Crippen molar-refractivity contribution in [2.45, 2.75) is 41.0 Å². The first-order valence-corrected chi connectivity index (χ1v) is 7.55. The monoisotopic (exact) mass is 302 g/mol. The van der Waals surface area contributed by atoms with Crippen molar-refractivity contribution in [1.29, 1.82) is 0 Å². The minimum atomic E-state index is 0.412. The molecule has 1 rings (SSSR count). The predicted molar refractivity (Wildman–Crippen MR) is 91.0 cm³/mol. The third-order valence-electron chi connectivity index (χ3n) is 3.67. The Morgan fingerprint density at radius 1 is 1.45 bits per heavy atom. The summed E-state index contributed by atoms with van der Waals surface area (Å²) in [7, 11) is 1.64. The lowest BCUT2D eigenvalue weighted by Gasteiger charge is -2.14. The zero-order valence-corrected chi connectivity index (χ0v) is 14.4. The molecule has 4 nitrogen and oxygen atoms in total. The Morgan fingerprint density at radius 2 is 2.14 bits per heavy atom. The van der Waals surface area contributed by atoms with Gasteiger partial charge >= 0.3 is 0 Å². The molecule has 0 bridgehead atoms. The minimum Gasteiger partial charge on any atom is -0.501 e. The van der Waals surface area contributed by atoms with Gasteiger partial charge in [-0.05, 0) is 44.4 Å². The smallest absolute Gasteiger partial charge is 0.153 e. The summed E-state index contributed by atoms with van der Waals surface area (Å²) in [5, 5.41) is 3.26. The fraction of sp³-hybridized carbons (Fsp3) is 0.444. The molecule has 1 unspecified atom stereocenters. The number of rotatable bonds is 7. The number of allylic oxidation sites excluding steroid dienone is 3. The lowest BCUT2D eigenvalue weighted by molar-refractivity contribution is 0.112. The van der Waals surface area contributed by atoms with E-state index in [0.717, 1.165) is 35.4 Å². The van der Waals surface area contributed by atoms with Gasteiger partial charge in [0, 0.05) is 11.4 Å². The maximum Gasteiger partial charge on any atom is 0.153 e. The molecule has 22 heavy (non-hydrogen) atoms. The second kappa shape index (κ2) is 8.37. The van der Waals surface area contributed by atoms with Crippen molar-refractivity contribution < 1.29 is 9.53 Å². The van der Waals surface area contributed by atoms with Gasteiger partial charge in [0.15, 0.2) is 6.29 Å². The fourth-order valence-electron chi connectivity index (χ4n) is 1.88. The van der Waals surface area contributed by atoms with Crippen LogP contribution < -0.4 is 5.32 Å². The number of hydrogen-bond acceptors (Lipinski definition) is 4. The van der Waals surface area contributed by atoms with Crippen LogP contribution in [-0.2, 0) is 4.74 Å². The van der Waals surface area contributed by atoms with Crippen molar-refractivity contribution in [3.8, 4) is 0 Å². The van der Waals surface area contributed by atoms with Gasteiger partial charge in [-0.3, -0.25) is 4.79 Å². The number of carbonyl (C=O) groups is 1. The molecule has 0 spiro atoms. The Labute approximate surface area is 133 Å². The van der Waals surface area contributed by atoms with Crippen molar-refractivity contribution in [3.63, 3.8) is 0 Å². The summed E-state index contributed by atoms with van der Waals surface area (Å²) >= 11 is 0. The Bertz CT molecular complexity index is 589. The predicted octanol–water partition coefficient (Wildman–Crippen LogP) is 4.40. The highest BCUT2D eigenvalue weighted by Gasteiger charge is 2.09. The zero-order chi connectivity index (χ0) is 16.7. The van der Waals surface area contributed by atoms with Crippen molar-refractivity contribution in [3.05, 3.63) is 46.5 Å². The van der Waals surface area contributed by atoms with E-state index >= 15 is 0 Å². The molecule has 0 aromatic carbocycles. The number of nitrogens with zero attached hydrogens (tertiary/aromatic N) is 1. The summed E-state index contributed by atoms with van der Waals surface area (Å²) in [6.45, 7) is 10.1. The maximum absolute atomic E-state index is 11.3. The van der Waals surface area contributed by atoms with Crippen LogP contribution in [0, 0.1) is 19.8 Å². The molecule has 1 aromatic rings. The van der Waals surface area contributed by atoms with E-state index in [-0.39, 0.29) is 0 Å². The minimum absolute atomic E-state index is 0.412. The van der Waals surface area contributed by atoms with Crippen LogP contribution in [0.15, 0.2) is 29.7 Å². The lowest BCUT2D eigenvalue weighted by Crippen LogP contribution is -2.07. The number of aromatic nitrogens is 1. The summed E-state index contributed by atoms with van der Waals surface area (Å²) < 4.78 is 5.22. The van der Waals surface area contributed by atoms with E-state index in [4.69, 9.17) is 4.74 Å². The van der Waals surface area contributed by atoms with Crippen LogP contribution in [0.25, 0.3) is 0 Å². The summed E-state index contributed by atoms with van der Waals surface area (Å²) in [6.07, 6.45) is 5.90. The van der Waals surface area contributed by atoms with E-state index in [0.29, 0.717) is 17.3 Å². The second-order valence-corrected chi connectivity index (χ2v) is 5.54. The van der Waals surface area contributed by atoms with Crippen molar-refractivity contribution >= 4 is 12.1 Å². The molecule has 0 radical (unpaired) electrons. The number of anilines is 1. The number of pyridine rings is 1. The highest BCUT2D eigenvalue weighted by atomic mass is 16.5. The Hall–Kier alpha value is -2.10. The molecule has 0 saturated heterocycles. The average molecular weight is 302 g/mol. The molecule has 0 amide bonds. The summed E-state index contributed by atoms with van der Waals surface area (Å²) in [4.78, 5) is 15.8. The molecule has 1 N–H and O–H groups in total. The first kappa shape index (κ1) is 18.0. The topological polar surface area (TPSA) is 51.2 Å². The molecular formula is C18H26N2O2. The van der Waals surface area contributed by atoms with Gasteiger partial charge in [-0.1, -0.05) is 26.3 Å². The van der Waals surface area contributed by atoms with Crippen LogP contribution in [0.1, 0.15) is 48.8 Å². The van der Waals surface area contributed by atoms with Crippen LogP contribution in [0.4, 0.5) is 5.82 Å². The van der Waals surface area contributed by atoms with Gasteiger partial charge in [0.05, 0.1) is 18.4 Å². The molecule has 4 heteroatoms. The quantitative estimate of drug-likeness (QED) is 0.460. The number of methoxy groups -OCH3 is 1. The number of carbonyl (C=O) groups excluding carboxylic acids is 1. The Morgan fingerprint density at radius 3 is 2.68 bits per heavy atom. The Balaban J connectivity index is 3.22. The summed E-state index contributed by atoms with van der Waals surface area (Å²) in [6, 6.07) is 1.85. The highest BCUT2D eigenvalue weighted by molar-refractivity contribution is 5.83. The SMILES string of the molecule is CCC(C)/C=C(\C=C(/C)OC)Nc1nc(C)c(C)cc1C=O. The molecule has 0 fully saturated rings. The highest BCUT2D eigenvalue weighted by Crippen LogP contribution is 2.19. The molecule has 1 heterocycles. The number of nitrogens with one attached hydrogen (secondary N) is 1. The summed E-state index contributed by atoms with van der Waals surface area (Å²) in [5.41, 5.74) is 3.35. The van der Waals surface area contributed by atoms with Crippen LogP contribution in [0.3, 0.4) is 0 Å². The molecule has 1 atom stereocenters. The van der Waals surface area contributed by atoms with Crippen molar-refractivity contribution in [2.24, 2.45) is 5.92 Å². The van der Waals surface area contributed by atoms with E-state index in [1.807, 2.05) is 32.9 Å². The average Bonchev–Trinajstić information content (AvgIpc) is 2.50. The Kier molecular flexibility index (Phi) is 6.83.